The molecule has 2 atom stereocenters. The average Bonchev–Trinajstić information content (AvgIpc) is 2.90. The third kappa shape index (κ3) is 3.94. The van der Waals surface area contributed by atoms with Crippen LogP contribution in [0.2, 0.25) is 0 Å². The van der Waals surface area contributed by atoms with E-state index in [0.717, 1.165) is 35.9 Å². The molecule has 0 aliphatic heterocycles. The van der Waals surface area contributed by atoms with E-state index in [4.69, 9.17) is 4.74 Å². The molecule has 136 valence electrons. The molecule has 6 heteroatoms. The van der Waals surface area contributed by atoms with E-state index in [9.17, 15) is 9.59 Å². The quantitative estimate of drug-likeness (QED) is 0.811. The Bertz CT molecular complexity index is 837. The van der Waals surface area contributed by atoms with E-state index in [-0.39, 0.29) is 11.5 Å². The van der Waals surface area contributed by atoms with Crippen molar-refractivity contribution >= 4 is 27.5 Å². The first-order chi connectivity index (χ1) is 11.8. The number of fused-ring (bicyclic) bond motifs is 3. The molecule has 25 heavy (non-hydrogen) atoms. The number of nitrogens with one attached hydrogen (secondary N) is 1. The van der Waals surface area contributed by atoms with E-state index >= 15 is 0 Å². The largest absolute Gasteiger partial charge is 0.454 e. The predicted octanol–water partition coefficient (Wildman–Crippen LogP) is 4.15. The second-order valence-corrected chi connectivity index (χ2v) is 8.63. The fourth-order valence-electron chi connectivity index (χ4n) is 3.28. The summed E-state index contributed by atoms with van der Waals surface area (Å²) >= 11 is 1.61. The van der Waals surface area contributed by atoms with Gasteiger partial charge in [0.25, 0.3) is 5.56 Å². The van der Waals surface area contributed by atoms with E-state index < -0.39 is 6.10 Å². The standard InChI is InChI=1S/C19H26N2O3S/c1-10(2)5-8-15(22)24-12(4)17-20-18(23)16-13-7-6-11(3)9-14(13)25-19(16)21-17/h10-12H,5-9H2,1-4H3,(H,20,21,23)/t11-,12-/m0/s1. The molecule has 0 amide bonds. The Balaban J connectivity index is 1.83. The van der Waals surface area contributed by atoms with Gasteiger partial charge >= 0.3 is 5.97 Å². The molecule has 0 aromatic carbocycles. The fourth-order valence-corrected chi connectivity index (χ4v) is 4.67. The number of aryl methyl sites for hydroxylation is 1. The Morgan fingerprint density at radius 2 is 2.16 bits per heavy atom. The lowest BCUT2D eigenvalue weighted by atomic mass is 9.89. The number of carbonyl (C=O) groups excluding carboxylic acids is 1. The van der Waals surface area contributed by atoms with Crippen LogP contribution in [0.4, 0.5) is 0 Å². The molecule has 1 N–H and O–H groups in total. The number of esters is 1. The molecule has 0 bridgehead atoms. The lowest BCUT2D eigenvalue weighted by Crippen LogP contribution is -2.18. The smallest absolute Gasteiger partial charge is 0.306 e. The summed E-state index contributed by atoms with van der Waals surface area (Å²) < 4.78 is 5.44. The lowest BCUT2D eigenvalue weighted by molar-refractivity contribution is -0.149. The molecule has 0 saturated carbocycles. The summed E-state index contributed by atoms with van der Waals surface area (Å²) in [4.78, 5) is 34.0. The van der Waals surface area contributed by atoms with Crippen molar-refractivity contribution in [3.05, 3.63) is 26.6 Å². The summed E-state index contributed by atoms with van der Waals surface area (Å²) in [5.41, 5.74) is 1.05. The van der Waals surface area contributed by atoms with Crippen molar-refractivity contribution in [2.45, 2.75) is 65.9 Å². The van der Waals surface area contributed by atoms with Gasteiger partial charge in [0.05, 0.1) is 5.39 Å². The third-order valence-electron chi connectivity index (χ3n) is 4.80. The number of aromatic amines is 1. The Morgan fingerprint density at radius 1 is 1.40 bits per heavy atom. The van der Waals surface area contributed by atoms with Gasteiger partial charge in [-0.25, -0.2) is 4.98 Å². The van der Waals surface area contributed by atoms with Crippen LogP contribution < -0.4 is 5.56 Å². The minimum absolute atomic E-state index is 0.114. The van der Waals surface area contributed by atoms with Crippen LogP contribution in [-0.2, 0) is 22.4 Å². The van der Waals surface area contributed by atoms with Gasteiger partial charge in [-0.05, 0) is 50.0 Å². The predicted molar refractivity (Wildman–Crippen MR) is 100 cm³/mol. The molecule has 2 aromatic heterocycles. The molecule has 2 heterocycles. The van der Waals surface area contributed by atoms with Crippen LogP contribution in [0, 0.1) is 11.8 Å². The van der Waals surface area contributed by atoms with Crippen LogP contribution in [0.1, 0.15) is 69.3 Å². The van der Waals surface area contributed by atoms with Gasteiger partial charge in [0, 0.05) is 11.3 Å². The summed E-state index contributed by atoms with van der Waals surface area (Å²) in [5, 5.41) is 0.731. The van der Waals surface area contributed by atoms with Gasteiger partial charge in [-0.3, -0.25) is 9.59 Å². The van der Waals surface area contributed by atoms with E-state index in [2.05, 4.69) is 30.7 Å². The number of H-pyrrole nitrogens is 1. The van der Waals surface area contributed by atoms with E-state index in [1.54, 1.807) is 18.3 Å². The number of carbonyl (C=O) groups is 1. The van der Waals surface area contributed by atoms with Gasteiger partial charge in [-0.1, -0.05) is 20.8 Å². The maximum atomic E-state index is 12.6. The highest BCUT2D eigenvalue weighted by Crippen LogP contribution is 2.35. The topological polar surface area (TPSA) is 72.0 Å². The molecule has 3 rings (SSSR count). The van der Waals surface area contributed by atoms with Gasteiger partial charge in [0.1, 0.15) is 4.83 Å². The van der Waals surface area contributed by atoms with Crippen molar-refractivity contribution in [3.8, 4) is 0 Å². The van der Waals surface area contributed by atoms with Gasteiger partial charge < -0.3 is 9.72 Å². The molecule has 0 saturated heterocycles. The maximum absolute atomic E-state index is 12.6. The van der Waals surface area contributed by atoms with Crippen LogP contribution in [0.15, 0.2) is 4.79 Å². The van der Waals surface area contributed by atoms with Crippen molar-refractivity contribution in [2.75, 3.05) is 0 Å². The zero-order valence-corrected chi connectivity index (χ0v) is 16.2. The summed E-state index contributed by atoms with van der Waals surface area (Å²) in [6.07, 6.45) is 3.72. The van der Waals surface area contributed by atoms with E-state index in [0.29, 0.717) is 24.1 Å². The van der Waals surface area contributed by atoms with Crippen LogP contribution in [0.5, 0.6) is 0 Å². The van der Waals surface area contributed by atoms with Crippen LogP contribution in [0.25, 0.3) is 10.2 Å². The highest BCUT2D eigenvalue weighted by Gasteiger charge is 2.24. The first kappa shape index (κ1) is 18.1. The van der Waals surface area contributed by atoms with Crippen molar-refractivity contribution < 1.29 is 9.53 Å². The molecular formula is C19H26N2O3S. The second-order valence-electron chi connectivity index (χ2n) is 7.55. The number of aromatic nitrogens is 2. The molecule has 2 aromatic rings. The average molecular weight is 362 g/mol. The van der Waals surface area contributed by atoms with Crippen molar-refractivity contribution in [2.24, 2.45) is 11.8 Å². The number of rotatable bonds is 5. The van der Waals surface area contributed by atoms with Crippen molar-refractivity contribution in [1.82, 2.24) is 9.97 Å². The van der Waals surface area contributed by atoms with Gasteiger partial charge in [-0.15, -0.1) is 11.3 Å². The molecule has 5 nitrogen and oxygen atoms in total. The zero-order valence-electron chi connectivity index (χ0n) is 15.3. The number of ether oxygens (including phenoxy) is 1. The maximum Gasteiger partial charge on any atom is 0.306 e. The summed E-state index contributed by atoms with van der Waals surface area (Å²) in [7, 11) is 0. The number of thiophene rings is 1. The summed E-state index contributed by atoms with van der Waals surface area (Å²) in [6, 6.07) is 0. The highest BCUT2D eigenvalue weighted by atomic mass is 32.1. The Hall–Kier alpha value is -1.69. The Labute approximate surface area is 151 Å². The van der Waals surface area contributed by atoms with Crippen LogP contribution >= 0.6 is 11.3 Å². The number of nitrogens with zero attached hydrogens (tertiary/aromatic N) is 1. The second kappa shape index (κ2) is 7.28. The van der Waals surface area contributed by atoms with Crippen molar-refractivity contribution in [1.29, 1.82) is 0 Å². The SMILES string of the molecule is CC(C)CCC(=O)O[C@@H](C)c1nc2sc3c(c2c(=O)[nH]1)CC[C@H](C)C3. The molecule has 1 aliphatic carbocycles. The van der Waals surface area contributed by atoms with E-state index in [1.165, 1.54) is 10.4 Å². The Morgan fingerprint density at radius 3 is 2.88 bits per heavy atom. The summed E-state index contributed by atoms with van der Waals surface area (Å²) in [5.74, 6) is 1.29. The molecular weight excluding hydrogens is 336 g/mol. The van der Waals surface area contributed by atoms with E-state index in [1.807, 2.05) is 0 Å². The minimum atomic E-state index is -0.546. The summed E-state index contributed by atoms with van der Waals surface area (Å²) in [6.45, 7) is 8.15. The molecule has 0 spiro atoms. The number of hydrogen-bond donors (Lipinski definition) is 1. The Kier molecular flexibility index (Phi) is 5.27. The third-order valence-corrected chi connectivity index (χ3v) is 5.95. The van der Waals surface area contributed by atoms with Gasteiger partial charge in [0.2, 0.25) is 0 Å². The fraction of sp³-hybridized carbons (Fsp3) is 0.632. The van der Waals surface area contributed by atoms with Crippen molar-refractivity contribution in [3.63, 3.8) is 0 Å². The first-order valence-corrected chi connectivity index (χ1v) is 9.90. The highest BCUT2D eigenvalue weighted by molar-refractivity contribution is 7.18. The molecule has 0 unspecified atom stereocenters. The normalized spacial score (nSPS) is 18.4. The monoisotopic (exact) mass is 362 g/mol. The number of hydrogen-bond acceptors (Lipinski definition) is 5. The molecule has 0 fully saturated rings. The lowest BCUT2D eigenvalue weighted by Gasteiger charge is -2.17. The van der Waals surface area contributed by atoms with Crippen LogP contribution in [-0.4, -0.2) is 15.9 Å². The first-order valence-electron chi connectivity index (χ1n) is 9.09. The van der Waals surface area contributed by atoms with Gasteiger partial charge in [0.15, 0.2) is 11.9 Å². The molecule has 1 aliphatic rings. The zero-order chi connectivity index (χ0) is 18.1. The molecule has 0 radical (unpaired) electrons. The minimum Gasteiger partial charge on any atom is -0.454 e. The van der Waals surface area contributed by atoms with Gasteiger partial charge in [-0.2, -0.15) is 0 Å². The van der Waals surface area contributed by atoms with Crippen LogP contribution in [0.3, 0.4) is 0 Å².